The fraction of sp³-hybridized carbons (Fsp3) is 0.452. The standard InChI is InChI=1S/C29H38N8.C2H6/c1-20-16-25(19-31-28(20)21(2)34(3)4)23-7-6-22-8-10-36(11-9-24(22)17-23)26-18-27(33-29(30)32-26)37-14-12-35(5)13-15-37;1-2/h6-7,16-19H,2,8-15H2,1,3-5H3,(H2,30,32,33);1-2H3. The smallest absolute Gasteiger partial charge is 0.223 e. The van der Waals surface area contributed by atoms with Gasteiger partial charge in [0.15, 0.2) is 0 Å². The third-order valence-corrected chi connectivity index (χ3v) is 7.60. The Balaban J connectivity index is 0.00000172. The van der Waals surface area contributed by atoms with E-state index in [1.165, 1.54) is 16.7 Å². The second kappa shape index (κ2) is 12.5. The summed E-state index contributed by atoms with van der Waals surface area (Å²) in [4.78, 5) is 22.9. The second-order valence-electron chi connectivity index (χ2n) is 10.4. The van der Waals surface area contributed by atoms with Crippen LogP contribution >= 0.6 is 0 Å². The molecule has 1 fully saturated rings. The van der Waals surface area contributed by atoms with Gasteiger partial charge in [-0.15, -0.1) is 0 Å². The molecule has 8 nitrogen and oxygen atoms in total. The van der Waals surface area contributed by atoms with Crippen molar-refractivity contribution in [1.82, 2.24) is 24.8 Å². The molecule has 0 bridgehead atoms. The first-order chi connectivity index (χ1) is 18.8. The Morgan fingerprint density at radius 2 is 1.46 bits per heavy atom. The minimum Gasteiger partial charge on any atom is -0.376 e. The summed E-state index contributed by atoms with van der Waals surface area (Å²) >= 11 is 0. The Labute approximate surface area is 234 Å². The largest absolute Gasteiger partial charge is 0.376 e. The molecule has 8 heteroatoms. The number of likely N-dealkylation sites (N-methyl/N-ethyl adjacent to an activating group) is 1. The number of aryl methyl sites for hydroxylation is 1. The fourth-order valence-corrected chi connectivity index (χ4v) is 5.18. The zero-order valence-electron chi connectivity index (χ0n) is 24.5. The third kappa shape index (κ3) is 6.50. The molecule has 5 rings (SSSR count). The Kier molecular flexibility index (Phi) is 9.07. The van der Waals surface area contributed by atoms with Crippen LogP contribution in [0.5, 0.6) is 0 Å². The molecule has 0 unspecified atom stereocenters. The van der Waals surface area contributed by atoms with E-state index >= 15 is 0 Å². The Bertz CT molecular complexity index is 1290. The number of pyridine rings is 1. The number of nitrogen functional groups attached to an aromatic ring is 1. The minimum absolute atomic E-state index is 0.346. The molecule has 208 valence electrons. The highest BCUT2D eigenvalue weighted by Gasteiger charge is 2.21. The summed E-state index contributed by atoms with van der Waals surface area (Å²) in [5, 5.41) is 0. The van der Waals surface area contributed by atoms with Gasteiger partial charge in [0, 0.05) is 71.2 Å². The Morgan fingerprint density at radius 1 is 0.846 bits per heavy atom. The van der Waals surface area contributed by atoms with Crippen LogP contribution in [0, 0.1) is 6.92 Å². The Morgan fingerprint density at radius 3 is 2.08 bits per heavy atom. The first-order valence-electron chi connectivity index (χ1n) is 14.1. The van der Waals surface area contributed by atoms with Crippen LogP contribution in [0.1, 0.15) is 36.2 Å². The predicted molar refractivity (Wildman–Crippen MR) is 164 cm³/mol. The zero-order chi connectivity index (χ0) is 28.1. The molecule has 0 amide bonds. The fourth-order valence-electron chi connectivity index (χ4n) is 5.18. The van der Waals surface area contributed by atoms with E-state index < -0.39 is 0 Å². The molecule has 0 aliphatic carbocycles. The number of hydrogen-bond acceptors (Lipinski definition) is 8. The maximum Gasteiger partial charge on any atom is 0.223 e. The molecule has 0 spiro atoms. The van der Waals surface area contributed by atoms with Crippen LogP contribution < -0.4 is 15.5 Å². The monoisotopic (exact) mass is 528 g/mol. The zero-order valence-corrected chi connectivity index (χ0v) is 24.5. The van der Waals surface area contributed by atoms with Crippen molar-refractivity contribution in [1.29, 1.82) is 0 Å². The molecule has 2 aliphatic rings. The van der Waals surface area contributed by atoms with E-state index in [0.717, 1.165) is 86.3 Å². The summed E-state index contributed by atoms with van der Waals surface area (Å²) in [6.45, 7) is 16.1. The number of aromatic nitrogens is 3. The van der Waals surface area contributed by atoms with Gasteiger partial charge in [-0.2, -0.15) is 9.97 Å². The number of nitrogens with two attached hydrogens (primary N) is 1. The van der Waals surface area contributed by atoms with E-state index in [9.17, 15) is 0 Å². The van der Waals surface area contributed by atoms with Gasteiger partial charge in [0.1, 0.15) is 11.6 Å². The number of anilines is 3. The van der Waals surface area contributed by atoms with Gasteiger partial charge < -0.3 is 25.3 Å². The SMILES string of the molecule is C=C(c1ncc(-c2ccc3c(c2)CCN(c2cc(N4CCN(C)CC4)nc(N)n2)CC3)cc1C)N(C)C.CC. The average Bonchev–Trinajstić information content (AvgIpc) is 3.16. The van der Waals surface area contributed by atoms with Gasteiger partial charge in [0.2, 0.25) is 5.95 Å². The highest BCUT2D eigenvalue weighted by Crippen LogP contribution is 2.29. The van der Waals surface area contributed by atoms with Gasteiger partial charge in [-0.05, 0) is 55.1 Å². The number of fused-ring (bicyclic) bond motifs is 1. The summed E-state index contributed by atoms with van der Waals surface area (Å²) in [5.41, 5.74) is 14.3. The van der Waals surface area contributed by atoms with Crippen molar-refractivity contribution < 1.29 is 0 Å². The van der Waals surface area contributed by atoms with Crippen molar-refractivity contribution >= 4 is 23.3 Å². The highest BCUT2D eigenvalue weighted by atomic mass is 15.3. The van der Waals surface area contributed by atoms with Crippen molar-refractivity contribution in [3.8, 4) is 11.1 Å². The van der Waals surface area contributed by atoms with Crippen molar-refractivity contribution in [3.63, 3.8) is 0 Å². The van der Waals surface area contributed by atoms with Crippen LogP contribution in [0.4, 0.5) is 17.6 Å². The lowest BCUT2D eigenvalue weighted by Gasteiger charge is -2.33. The molecule has 1 aromatic carbocycles. The predicted octanol–water partition coefficient (Wildman–Crippen LogP) is 4.34. The number of rotatable bonds is 5. The minimum atomic E-state index is 0.346. The van der Waals surface area contributed by atoms with Crippen molar-refractivity contribution in [2.24, 2.45) is 0 Å². The molecule has 2 aliphatic heterocycles. The molecule has 0 atom stereocenters. The summed E-state index contributed by atoms with van der Waals surface area (Å²) < 4.78 is 0. The third-order valence-electron chi connectivity index (χ3n) is 7.60. The van der Waals surface area contributed by atoms with Gasteiger partial charge in [-0.1, -0.05) is 38.6 Å². The van der Waals surface area contributed by atoms with Gasteiger partial charge >= 0.3 is 0 Å². The number of benzene rings is 1. The van der Waals surface area contributed by atoms with Gasteiger partial charge in [-0.3, -0.25) is 4.98 Å². The van der Waals surface area contributed by atoms with Crippen molar-refractivity contribution in [2.75, 3.05) is 75.9 Å². The van der Waals surface area contributed by atoms with E-state index in [0.29, 0.717) is 5.95 Å². The first kappa shape index (κ1) is 28.4. The van der Waals surface area contributed by atoms with Gasteiger partial charge in [0.25, 0.3) is 0 Å². The van der Waals surface area contributed by atoms with E-state index in [4.69, 9.17) is 10.7 Å². The molecule has 0 saturated carbocycles. The summed E-state index contributed by atoms with van der Waals surface area (Å²) in [7, 11) is 6.15. The van der Waals surface area contributed by atoms with Crippen LogP contribution in [0.3, 0.4) is 0 Å². The topological polar surface area (TPSA) is 77.7 Å². The van der Waals surface area contributed by atoms with E-state index in [1.807, 2.05) is 39.0 Å². The number of nitrogens with zero attached hydrogens (tertiary/aromatic N) is 7. The van der Waals surface area contributed by atoms with E-state index in [2.05, 4.69) is 75.5 Å². The molecule has 39 heavy (non-hydrogen) atoms. The normalized spacial score (nSPS) is 15.6. The van der Waals surface area contributed by atoms with Crippen LogP contribution in [-0.4, -0.2) is 85.2 Å². The number of piperazine rings is 1. The average molecular weight is 529 g/mol. The lowest BCUT2D eigenvalue weighted by Crippen LogP contribution is -2.45. The van der Waals surface area contributed by atoms with Crippen LogP contribution in [0.25, 0.3) is 16.8 Å². The maximum absolute atomic E-state index is 6.17. The lowest BCUT2D eigenvalue weighted by atomic mass is 9.96. The molecule has 3 aromatic rings. The molecular formula is C31H44N8. The second-order valence-corrected chi connectivity index (χ2v) is 10.4. The maximum atomic E-state index is 6.17. The van der Waals surface area contributed by atoms with Gasteiger partial charge in [0.05, 0.1) is 11.4 Å². The van der Waals surface area contributed by atoms with Crippen LogP contribution in [0.2, 0.25) is 0 Å². The molecular weight excluding hydrogens is 484 g/mol. The van der Waals surface area contributed by atoms with Crippen molar-refractivity contribution in [2.45, 2.75) is 33.6 Å². The molecule has 1 saturated heterocycles. The molecule has 4 heterocycles. The molecule has 0 radical (unpaired) electrons. The molecule has 2 aromatic heterocycles. The summed E-state index contributed by atoms with van der Waals surface area (Å²) in [6.07, 6.45) is 3.90. The van der Waals surface area contributed by atoms with Crippen molar-refractivity contribution in [3.05, 3.63) is 65.5 Å². The quantitative estimate of drug-likeness (QED) is 0.524. The first-order valence-corrected chi connectivity index (χ1v) is 14.1. The summed E-state index contributed by atoms with van der Waals surface area (Å²) in [6, 6.07) is 11.2. The van der Waals surface area contributed by atoms with E-state index in [-0.39, 0.29) is 0 Å². The van der Waals surface area contributed by atoms with Crippen LogP contribution in [0.15, 0.2) is 43.1 Å². The highest BCUT2D eigenvalue weighted by molar-refractivity contribution is 5.69. The Hall–Kier alpha value is -3.65. The van der Waals surface area contributed by atoms with E-state index in [1.54, 1.807) is 0 Å². The van der Waals surface area contributed by atoms with Gasteiger partial charge in [-0.25, -0.2) is 0 Å². The van der Waals surface area contributed by atoms with Crippen LogP contribution in [-0.2, 0) is 12.8 Å². The molecule has 2 N–H and O–H groups in total. The lowest BCUT2D eigenvalue weighted by molar-refractivity contribution is 0.312. The summed E-state index contributed by atoms with van der Waals surface area (Å²) in [5.74, 6) is 2.20. The number of hydrogen-bond donors (Lipinski definition) is 1.